The van der Waals surface area contributed by atoms with Gasteiger partial charge in [-0.3, -0.25) is 0 Å². The fourth-order valence-electron chi connectivity index (χ4n) is 6.18. The average molecular weight is 860 g/mol. The first kappa shape index (κ1) is 43.9. The SMILES string of the molecule is CC(C)[C@H](N)c1nc2ccccc2[nH]1.CC1(C)O[C@H](CP(c2ccccc2)c2ccccc2)[C@@H](CP(c2ccccc2)c2ccccc2)O1.[Cl-].[Cl-].[Ru+2]. The van der Waals surface area contributed by atoms with Crippen LogP contribution in [0.4, 0.5) is 0 Å². The minimum atomic E-state index is -0.585. The van der Waals surface area contributed by atoms with E-state index in [1.54, 1.807) is 0 Å². The van der Waals surface area contributed by atoms with Crippen molar-refractivity contribution < 1.29 is 53.8 Å². The van der Waals surface area contributed by atoms with Gasteiger partial charge in [-0.1, -0.05) is 147 Å². The Morgan fingerprint density at radius 3 is 1.31 bits per heavy atom. The molecule has 0 radical (unpaired) electrons. The van der Waals surface area contributed by atoms with Gasteiger partial charge in [0.05, 0.1) is 29.3 Å². The van der Waals surface area contributed by atoms with Gasteiger partial charge < -0.3 is 45.0 Å². The van der Waals surface area contributed by atoms with Crippen molar-refractivity contribution in [2.24, 2.45) is 11.7 Å². The van der Waals surface area contributed by atoms with E-state index in [0.29, 0.717) is 5.92 Å². The molecule has 52 heavy (non-hydrogen) atoms. The number of rotatable bonds is 10. The third-order valence-electron chi connectivity index (χ3n) is 8.72. The van der Waals surface area contributed by atoms with Gasteiger partial charge in [0.2, 0.25) is 0 Å². The Kier molecular flexibility index (Phi) is 17.6. The monoisotopic (exact) mass is 859 g/mol. The van der Waals surface area contributed by atoms with Crippen LogP contribution in [-0.2, 0) is 29.0 Å². The molecule has 1 aromatic heterocycles. The van der Waals surface area contributed by atoms with Crippen molar-refractivity contribution in [3.8, 4) is 0 Å². The van der Waals surface area contributed by atoms with Gasteiger partial charge in [0, 0.05) is 12.3 Å². The van der Waals surface area contributed by atoms with Gasteiger partial charge in [-0.2, -0.15) is 0 Å². The number of nitrogens with zero attached hydrogens (tertiary/aromatic N) is 1. The van der Waals surface area contributed by atoms with Crippen molar-refractivity contribution >= 4 is 48.1 Å². The van der Waals surface area contributed by atoms with Crippen molar-refractivity contribution in [2.75, 3.05) is 12.3 Å². The Morgan fingerprint density at radius 2 is 0.962 bits per heavy atom. The van der Waals surface area contributed by atoms with Crippen LogP contribution >= 0.6 is 15.8 Å². The third kappa shape index (κ3) is 11.5. The van der Waals surface area contributed by atoms with E-state index in [4.69, 9.17) is 15.2 Å². The predicted octanol–water partition coefficient (Wildman–Crippen LogP) is 2.00. The maximum absolute atomic E-state index is 6.61. The van der Waals surface area contributed by atoms with Crippen LogP contribution in [0.5, 0.6) is 0 Å². The van der Waals surface area contributed by atoms with Gasteiger partial charge in [-0.25, -0.2) is 4.98 Å². The zero-order valence-corrected chi connectivity index (χ0v) is 35.0. The molecule has 1 fully saturated rings. The smallest absolute Gasteiger partial charge is 1.00 e. The van der Waals surface area contributed by atoms with Crippen LogP contribution in [0.15, 0.2) is 146 Å². The molecule has 5 aromatic carbocycles. The maximum Gasteiger partial charge on any atom is 2.00 e. The molecule has 7 rings (SSSR count). The van der Waals surface area contributed by atoms with Crippen LogP contribution in [0.25, 0.3) is 11.0 Å². The summed E-state index contributed by atoms with van der Waals surface area (Å²) in [6.07, 6.45) is 1.97. The van der Waals surface area contributed by atoms with Crippen LogP contribution in [0, 0.1) is 5.92 Å². The number of H-pyrrole nitrogens is 1. The standard InChI is InChI=1S/C31H32O2P2.C11H15N3.2ClH.Ru/c1-31(2)32-29(23-34(25-15-7-3-8-16-25)26-17-9-4-10-18-26)30(33-31)24-35(27-19-11-5-12-20-27)28-21-13-6-14-22-28;1-7(2)10(12)11-13-8-5-3-4-6-9(8)14-11;;;/h3-22,29-30H,23-24H2,1-2H3;3-7,10H,12H2,1-2H3,(H,13,14);2*1H;/q;;;;+2/p-2/t29-,30-;10-;;;/m10.../s1. The molecule has 0 spiro atoms. The number of para-hydroxylation sites is 2. The Hall–Kier alpha value is -2.49. The summed E-state index contributed by atoms with van der Waals surface area (Å²) < 4.78 is 13.2. The quantitative estimate of drug-likeness (QED) is 0.164. The topological polar surface area (TPSA) is 73.2 Å². The van der Waals surface area contributed by atoms with Gasteiger partial charge in [0.1, 0.15) is 5.82 Å². The number of hydrogen-bond acceptors (Lipinski definition) is 4. The second-order valence-electron chi connectivity index (χ2n) is 13.2. The third-order valence-corrected chi connectivity index (χ3v) is 13.9. The average Bonchev–Trinajstić information content (AvgIpc) is 3.70. The molecule has 3 atom stereocenters. The van der Waals surface area contributed by atoms with E-state index >= 15 is 0 Å². The van der Waals surface area contributed by atoms with E-state index in [1.807, 2.05) is 24.3 Å². The first-order chi connectivity index (χ1) is 23.8. The van der Waals surface area contributed by atoms with Crippen molar-refractivity contribution in [3.63, 3.8) is 0 Å². The number of ether oxygens (including phenoxy) is 2. The Bertz CT molecular complexity index is 1680. The summed E-state index contributed by atoms with van der Waals surface area (Å²) in [4.78, 5) is 7.69. The number of benzene rings is 5. The summed E-state index contributed by atoms with van der Waals surface area (Å²) in [7, 11) is -1.12. The normalized spacial score (nSPS) is 16.7. The van der Waals surface area contributed by atoms with E-state index in [-0.39, 0.29) is 62.5 Å². The summed E-state index contributed by atoms with van der Waals surface area (Å²) in [5, 5.41) is 5.53. The van der Waals surface area contributed by atoms with E-state index in [2.05, 4.69) is 159 Å². The fourth-order valence-corrected chi connectivity index (χ4v) is 11.1. The molecule has 1 aliphatic rings. The zero-order chi connectivity index (χ0) is 34.2. The van der Waals surface area contributed by atoms with Crippen molar-refractivity contribution in [1.82, 2.24) is 9.97 Å². The van der Waals surface area contributed by atoms with Gasteiger partial charge >= 0.3 is 19.5 Å². The molecule has 6 aromatic rings. The molecule has 0 aliphatic carbocycles. The number of halogens is 2. The molecule has 0 bridgehead atoms. The number of imidazole rings is 1. The molecule has 10 heteroatoms. The van der Waals surface area contributed by atoms with Crippen molar-refractivity contribution in [1.29, 1.82) is 0 Å². The molecule has 0 unspecified atom stereocenters. The molecule has 0 amide bonds. The van der Waals surface area contributed by atoms with Crippen LogP contribution in [0.3, 0.4) is 0 Å². The van der Waals surface area contributed by atoms with Crippen molar-refractivity contribution in [2.45, 2.75) is 51.7 Å². The number of fused-ring (bicyclic) bond motifs is 1. The molecule has 3 N–H and O–H groups in total. The van der Waals surface area contributed by atoms with E-state index in [0.717, 1.165) is 29.2 Å². The van der Waals surface area contributed by atoms with Gasteiger partial charge in [0.15, 0.2) is 5.79 Å². The van der Waals surface area contributed by atoms with E-state index in [9.17, 15) is 0 Å². The molecule has 2 heterocycles. The number of nitrogens with two attached hydrogens (primary N) is 1. The minimum Gasteiger partial charge on any atom is -1.00 e. The number of hydrogen-bond donors (Lipinski definition) is 2. The second kappa shape index (κ2) is 20.8. The number of nitrogens with one attached hydrogen (secondary N) is 1. The molecule has 0 saturated carbocycles. The Morgan fingerprint density at radius 1 is 0.615 bits per heavy atom. The summed E-state index contributed by atoms with van der Waals surface area (Å²) in [6.45, 7) is 8.30. The van der Waals surface area contributed by atoms with Crippen LogP contribution < -0.4 is 51.8 Å². The number of aromatic nitrogens is 2. The Balaban J connectivity index is 0.000000363. The van der Waals surface area contributed by atoms with E-state index < -0.39 is 21.6 Å². The second-order valence-corrected chi connectivity index (χ2v) is 17.7. The first-order valence-electron chi connectivity index (χ1n) is 17.1. The molecule has 274 valence electrons. The summed E-state index contributed by atoms with van der Waals surface area (Å²) in [6, 6.07) is 51.6. The van der Waals surface area contributed by atoms with Gasteiger partial charge in [0.25, 0.3) is 0 Å². The minimum absolute atomic E-state index is 0. The maximum atomic E-state index is 6.61. The first-order valence-corrected chi connectivity index (χ1v) is 20.1. The van der Waals surface area contributed by atoms with E-state index in [1.165, 1.54) is 21.2 Å². The zero-order valence-electron chi connectivity index (χ0n) is 29.9. The predicted molar refractivity (Wildman–Crippen MR) is 210 cm³/mol. The molecule has 1 saturated heterocycles. The van der Waals surface area contributed by atoms with Crippen molar-refractivity contribution in [3.05, 3.63) is 151 Å². The molecule has 5 nitrogen and oxygen atoms in total. The van der Waals surface area contributed by atoms with Crippen LogP contribution in [0.2, 0.25) is 0 Å². The summed E-state index contributed by atoms with van der Waals surface area (Å²) in [5.41, 5.74) is 8.05. The molecular formula is C42H47Cl2N3O2P2Ru. The fraction of sp³-hybridized carbons (Fsp3) is 0.262. The molecular weight excluding hydrogens is 812 g/mol. The van der Waals surface area contributed by atoms with Gasteiger partial charge in [-0.15, -0.1) is 0 Å². The summed E-state index contributed by atoms with van der Waals surface area (Å²) >= 11 is 0. The largest absolute Gasteiger partial charge is 2.00 e. The summed E-state index contributed by atoms with van der Waals surface area (Å²) in [5.74, 6) is 0.690. The number of aromatic amines is 1. The van der Waals surface area contributed by atoms with Crippen LogP contribution in [0.1, 0.15) is 39.6 Å². The van der Waals surface area contributed by atoms with Gasteiger partial charge in [-0.05, 0) is 69.0 Å². The van der Waals surface area contributed by atoms with Crippen LogP contribution in [-0.4, -0.2) is 40.3 Å². The molecule has 1 aliphatic heterocycles. The Labute approximate surface area is 337 Å².